The molecule has 2 aliphatic carbocycles. The van der Waals surface area contributed by atoms with Gasteiger partial charge in [0.15, 0.2) is 0 Å². The van der Waals surface area contributed by atoms with Crippen molar-refractivity contribution in [3.63, 3.8) is 0 Å². The summed E-state index contributed by atoms with van der Waals surface area (Å²) in [5, 5.41) is 0. The zero-order valence-electron chi connectivity index (χ0n) is 18.6. The maximum Gasteiger partial charge on any atom is -0.0386 e. The molecule has 0 radical (unpaired) electrons. The molecule has 0 amide bonds. The molecule has 2 aliphatic rings. The molecular weight excluding hydrogens is 312 g/mol. The van der Waals surface area contributed by atoms with Crippen molar-refractivity contribution in [3.8, 4) is 0 Å². The van der Waals surface area contributed by atoms with Crippen LogP contribution in [0.15, 0.2) is 0 Å². The van der Waals surface area contributed by atoms with Gasteiger partial charge in [0.25, 0.3) is 0 Å². The number of unbranched alkanes of at least 4 members (excludes halogenated alkanes) is 1. The average molecular weight is 363 g/mol. The molecule has 2 saturated carbocycles. The Morgan fingerprint density at radius 3 is 1.50 bits per heavy atom. The van der Waals surface area contributed by atoms with Crippen LogP contribution in [-0.4, -0.2) is 0 Å². The fourth-order valence-electron chi connectivity index (χ4n) is 5.97. The van der Waals surface area contributed by atoms with Crippen molar-refractivity contribution >= 4 is 0 Å². The number of hydrogen-bond donors (Lipinski definition) is 0. The normalized spacial score (nSPS) is 25.5. The van der Waals surface area contributed by atoms with Gasteiger partial charge in [-0.3, -0.25) is 0 Å². The van der Waals surface area contributed by atoms with Gasteiger partial charge in [-0.05, 0) is 29.6 Å². The molecule has 0 aromatic rings. The van der Waals surface area contributed by atoms with Gasteiger partial charge in [0.2, 0.25) is 0 Å². The Hall–Kier alpha value is 0. The van der Waals surface area contributed by atoms with Gasteiger partial charge in [0.1, 0.15) is 0 Å². The van der Waals surface area contributed by atoms with Crippen LogP contribution < -0.4 is 0 Å². The molecule has 0 N–H and O–H groups in total. The van der Waals surface area contributed by atoms with E-state index in [4.69, 9.17) is 0 Å². The van der Waals surface area contributed by atoms with E-state index < -0.39 is 0 Å². The molecule has 0 bridgehead atoms. The Balaban J connectivity index is 1.61. The van der Waals surface area contributed by atoms with Crippen LogP contribution in [0, 0.1) is 29.6 Å². The second-order valence-electron chi connectivity index (χ2n) is 10.3. The lowest BCUT2D eigenvalue weighted by atomic mass is 9.75. The molecule has 0 aromatic carbocycles. The fraction of sp³-hybridized carbons (Fsp3) is 1.00. The molecule has 3 unspecified atom stereocenters. The Labute approximate surface area is 166 Å². The van der Waals surface area contributed by atoms with E-state index in [1.807, 2.05) is 0 Å². The standard InChI is InChI=1S/C26H50/c1-22(24(3)26-20-12-8-5-9-13-21-26)16-14-15-17-23(2)25-18-10-6-4-7-11-19-25/h22-26H,4-21H2,1-3H3. The predicted octanol–water partition coefficient (Wildman–Crippen LogP) is 9.18. The Morgan fingerprint density at radius 1 is 0.538 bits per heavy atom. The van der Waals surface area contributed by atoms with Crippen LogP contribution in [0.5, 0.6) is 0 Å². The van der Waals surface area contributed by atoms with Crippen LogP contribution in [0.1, 0.15) is 136 Å². The molecule has 0 heteroatoms. The first-order valence-corrected chi connectivity index (χ1v) is 12.7. The van der Waals surface area contributed by atoms with Crippen LogP contribution in [0.25, 0.3) is 0 Å². The lowest BCUT2D eigenvalue weighted by Gasteiger charge is -2.31. The molecule has 2 rings (SSSR count). The SMILES string of the molecule is CC(CCCCC(C)C(C)C1CCCCCCC1)C1CCCCCCC1. The summed E-state index contributed by atoms with van der Waals surface area (Å²) in [6.45, 7) is 7.70. The van der Waals surface area contributed by atoms with Gasteiger partial charge in [-0.15, -0.1) is 0 Å². The lowest BCUT2D eigenvalue weighted by molar-refractivity contribution is 0.203. The molecule has 26 heavy (non-hydrogen) atoms. The first kappa shape index (κ1) is 22.3. The largest absolute Gasteiger partial charge is 0.0622 e. The highest BCUT2D eigenvalue weighted by atomic mass is 14.3. The fourth-order valence-corrected chi connectivity index (χ4v) is 5.97. The Kier molecular flexibility index (Phi) is 11.3. The minimum atomic E-state index is 0.941. The number of rotatable bonds is 8. The topological polar surface area (TPSA) is 0 Å². The second kappa shape index (κ2) is 13.2. The highest BCUT2D eigenvalue weighted by molar-refractivity contribution is 4.74. The van der Waals surface area contributed by atoms with Crippen LogP contribution in [0.3, 0.4) is 0 Å². The van der Waals surface area contributed by atoms with Crippen molar-refractivity contribution in [1.82, 2.24) is 0 Å². The summed E-state index contributed by atoms with van der Waals surface area (Å²) in [6, 6.07) is 0. The minimum absolute atomic E-state index is 0.941. The quantitative estimate of drug-likeness (QED) is 0.377. The molecule has 0 saturated heterocycles. The molecule has 3 atom stereocenters. The molecule has 2 fully saturated rings. The van der Waals surface area contributed by atoms with Crippen molar-refractivity contribution in [2.75, 3.05) is 0 Å². The van der Waals surface area contributed by atoms with Crippen molar-refractivity contribution in [2.45, 2.75) is 136 Å². The van der Waals surface area contributed by atoms with E-state index in [0.717, 1.165) is 29.6 Å². The summed E-state index contributed by atoms with van der Waals surface area (Å²) in [5.74, 6) is 4.94. The molecule has 0 aliphatic heterocycles. The van der Waals surface area contributed by atoms with Gasteiger partial charge >= 0.3 is 0 Å². The minimum Gasteiger partial charge on any atom is -0.0622 e. The van der Waals surface area contributed by atoms with Crippen LogP contribution in [0.4, 0.5) is 0 Å². The zero-order chi connectivity index (χ0) is 18.6. The van der Waals surface area contributed by atoms with Gasteiger partial charge in [-0.2, -0.15) is 0 Å². The molecule has 0 nitrogen and oxygen atoms in total. The van der Waals surface area contributed by atoms with Crippen molar-refractivity contribution < 1.29 is 0 Å². The van der Waals surface area contributed by atoms with Crippen LogP contribution in [-0.2, 0) is 0 Å². The average Bonchev–Trinajstić information content (AvgIpc) is 2.57. The Bertz CT molecular complexity index is 317. The highest BCUT2D eigenvalue weighted by Gasteiger charge is 2.23. The predicted molar refractivity (Wildman–Crippen MR) is 118 cm³/mol. The maximum atomic E-state index is 2.58. The summed E-state index contributed by atoms with van der Waals surface area (Å²) < 4.78 is 0. The second-order valence-corrected chi connectivity index (χ2v) is 10.3. The van der Waals surface area contributed by atoms with Gasteiger partial charge < -0.3 is 0 Å². The van der Waals surface area contributed by atoms with Gasteiger partial charge in [0, 0.05) is 0 Å². The van der Waals surface area contributed by atoms with Gasteiger partial charge in [-0.1, -0.05) is 136 Å². The van der Waals surface area contributed by atoms with E-state index in [1.165, 1.54) is 116 Å². The lowest BCUT2D eigenvalue weighted by Crippen LogP contribution is -2.20. The van der Waals surface area contributed by atoms with E-state index in [9.17, 15) is 0 Å². The van der Waals surface area contributed by atoms with Crippen LogP contribution >= 0.6 is 0 Å². The third kappa shape index (κ3) is 8.35. The van der Waals surface area contributed by atoms with Crippen molar-refractivity contribution in [1.29, 1.82) is 0 Å². The summed E-state index contributed by atoms with van der Waals surface area (Å²) in [5.41, 5.74) is 0. The van der Waals surface area contributed by atoms with Gasteiger partial charge in [0.05, 0.1) is 0 Å². The smallest absolute Gasteiger partial charge is 0.0386 e. The summed E-state index contributed by atoms with van der Waals surface area (Å²) in [4.78, 5) is 0. The van der Waals surface area contributed by atoms with Crippen molar-refractivity contribution in [2.24, 2.45) is 29.6 Å². The summed E-state index contributed by atoms with van der Waals surface area (Å²) in [7, 11) is 0. The monoisotopic (exact) mass is 362 g/mol. The van der Waals surface area contributed by atoms with E-state index in [2.05, 4.69) is 20.8 Å². The maximum absolute atomic E-state index is 2.58. The van der Waals surface area contributed by atoms with Crippen LogP contribution in [0.2, 0.25) is 0 Å². The number of hydrogen-bond acceptors (Lipinski definition) is 0. The molecule has 0 aromatic heterocycles. The first-order chi connectivity index (χ1) is 12.7. The van der Waals surface area contributed by atoms with Crippen molar-refractivity contribution in [3.05, 3.63) is 0 Å². The zero-order valence-corrected chi connectivity index (χ0v) is 18.6. The molecule has 154 valence electrons. The third-order valence-electron chi connectivity index (χ3n) is 8.31. The van der Waals surface area contributed by atoms with E-state index in [1.54, 1.807) is 0 Å². The third-order valence-corrected chi connectivity index (χ3v) is 8.31. The molecule has 0 spiro atoms. The highest BCUT2D eigenvalue weighted by Crippen LogP contribution is 2.35. The summed E-state index contributed by atoms with van der Waals surface area (Å²) in [6.07, 6.45) is 27.0. The van der Waals surface area contributed by atoms with E-state index in [0.29, 0.717) is 0 Å². The Morgan fingerprint density at radius 2 is 0.962 bits per heavy atom. The van der Waals surface area contributed by atoms with E-state index in [-0.39, 0.29) is 0 Å². The molecular formula is C26H50. The van der Waals surface area contributed by atoms with E-state index >= 15 is 0 Å². The summed E-state index contributed by atoms with van der Waals surface area (Å²) >= 11 is 0. The van der Waals surface area contributed by atoms with Gasteiger partial charge in [-0.25, -0.2) is 0 Å². The molecule has 0 heterocycles. The first-order valence-electron chi connectivity index (χ1n) is 12.7.